The molecule has 0 spiro atoms. The van der Waals surface area contributed by atoms with E-state index in [1.807, 2.05) is 26.0 Å². The molecule has 3 heteroatoms. The Kier molecular flexibility index (Phi) is 6.58. The minimum Gasteiger partial charge on any atom is -0.507 e. The topological polar surface area (TPSA) is 46.2 Å². The summed E-state index contributed by atoms with van der Waals surface area (Å²) in [7, 11) is 0. The Balaban J connectivity index is 0.00000256. The van der Waals surface area contributed by atoms with E-state index in [4.69, 9.17) is 5.73 Å². The molecule has 1 atom stereocenters. The SMILES string of the molecule is Cc1cc([C@@H](N)CCC(C)C)cc(C)c1O.Cl. The predicted octanol–water partition coefficient (Wildman–Crippen LogP) is 3.87. The Hall–Kier alpha value is -0.730. The number of phenolic OH excluding ortho intramolecular Hbond substituents is 1. The van der Waals surface area contributed by atoms with Crippen LogP contribution in [0.2, 0.25) is 0 Å². The van der Waals surface area contributed by atoms with Crippen LogP contribution in [-0.4, -0.2) is 5.11 Å². The van der Waals surface area contributed by atoms with Crippen molar-refractivity contribution in [1.29, 1.82) is 0 Å². The van der Waals surface area contributed by atoms with Crippen molar-refractivity contribution in [2.24, 2.45) is 11.7 Å². The zero-order chi connectivity index (χ0) is 12.3. The van der Waals surface area contributed by atoms with Gasteiger partial charge in [-0.25, -0.2) is 0 Å². The zero-order valence-corrected chi connectivity index (χ0v) is 12.0. The highest BCUT2D eigenvalue weighted by Crippen LogP contribution is 2.27. The molecule has 0 aliphatic rings. The third kappa shape index (κ3) is 4.57. The molecule has 0 bridgehead atoms. The highest BCUT2D eigenvalue weighted by molar-refractivity contribution is 5.85. The van der Waals surface area contributed by atoms with Gasteiger partial charge in [0.1, 0.15) is 5.75 Å². The normalized spacial score (nSPS) is 12.4. The van der Waals surface area contributed by atoms with Gasteiger partial charge in [0.05, 0.1) is 0 Å². The van der Waals surface area contributed by atoms with Gasteiger partial charge in [0.25, 0.3) is 0 Å². The molecule has 0 aliphatic heterocycles. The molecule has 0 saturated heterocycles. The molecule has 0 radical (unpaired) electrons. The van der Waals surface area contributed by atoms with Gasteiger partial charge in [0.2, 0.25) is 0 Å². The lowest BCUT2D eigenvalue weighted by Gasteiger charge is -2.16. The van der Waals surface area contributed by atoms with Gasteiger partial charge in [-0.2, -0.15) is 0 Å². The summed E-state index contributed by atoms with van der Waals surface area (Å²) < 4.78 is 0. The molecule has 0 aromatic heterocycles. The number of halogens is 1. The largest absolute Gasteiger partial charge is 0.507 e. The Morgan fingerprint density at radius 3 is 2.00 bits per heavy atom. The lowest BCUT2D eigenvalue weighted by molar-refractivity contribution is 0.465. The van der Waals surface area contributed by atoms with Gasteiger partial charge in [-0.15, -0.1) is 12.4 Å². The third-order valence-electron chi connectivity index (χ3n) is 3.00. The summed E-state index contributed by atoms with van der Waals surface area (Å²) >= 11 is 0. The van der Waals surface area contributed by atoms with E-state index in [0.29, 0.717) is 11.7 Å². The summed E-state index contributed by atoms with van der Waals surface area (Å²) in [5.41, 5.74) is 9.11. The molecular weight excluding hydrogens is 234 g/mol. The average molecular weight is 258 g/mol. The fourth-order valence-electron chi connectivity index (χ4n) is 1.88. The van der Waals surface area contributed by atoms with E-state index in [1.165, 1.54) is 0 Å². The second-order valence-electron chi connectivity index (χ2n) is 5.08. The number of aromatic hydroxyl groups is 1. The van der Waals surface area contributed by atoms with Crippen molar-refractivity contribution in [1.82, 2.24) is 0 Å². The van der Waals surface area contributed by atoms with Gasteiger partial charge in [0, 0.05) is 6.04 Å². The van der Waals surface area contributed by atoms with Gasteiger partial charge in [-0.1, -0.05) is 26.0 Å². The molecule has 1 aromatic carbocycles. The maximum absolute atomic E-state index is 9.69. The standard InChI is InChI=1S/C14H23NO.ClH/c1-9(2)5-6-13(15)12-7-10(3)14(16)11(4)8-12;/h7-9,13,16H,5-6,15H2,1-4H3;1H/t13-;/m0./s1. The minimum absolute atomic E-state index is 0. The second-order valence-corrected chi connectivity index (χ2v) is 5.08. The van der Waals surface area contributed by atoms with Crippen LogP contribution in [0.25, 0.3) is 0 Å². The first-order chi connectivity index (χ1) is 7.41. The maximum Gasteiger partial charge on any atom is 0.121 e. The molecule has 1 rings (SSSR count). The van der Waals surface area contributed by atoms with Crippen molar-refractivity contribution < 1.29 is 5.11 Å². The van der Waals surface area contributed by atoms with Crippen molar-refractivity contribution in [3.8, 4) is 5.75 Å². The number of benzene rings is 1. The summed E-state index contributed by atoms with van der Waals surface area (Å²) in [5, 5.41) is 9.69. The van der Waals surface area contributed by atoms with E-state index < -0.39 is 0 Å². The first kappa shape index (κ1) is 16.3. The smallest absolute Gasteiger partial charge is 0.121 e. The molecule has 2 nitrogen and oxygen atoms in total. The quantitative estimate of drug-likeness (QED) is 0.860. The van der Waals surface area contributed by atoms with Crippen LogP contribution in [0, 0.1) is 19.8 Å². The highest BCUT2D eigenvalue weighted by Gasteiger charge is 2.10. The van der Waals surface area contributed by atoms with Gasteiger partial charge >= 0.3 is 0 Å². The molecular formula is C14H24ClNO. The molecule has 0 heterocycles. The maximum atomic E-state index is 9.69. The summed E-state index contributed by atoms with van der Waals surface area (Å²) in [4.78, 5) is 0. The number of hydrogen-bond donors (Lipinski definition) is 2. The van der Waals surface area contributed by atoms with Crippen LogP contribution in [-0.2, 0) is 0 Å². The van der Waals surface area contributed by atoms with E-state index in [-0.39, 0.29) is 18.4 Å². The van der Waals surface area contributed by atoms with Crippen LogP contribution in [0.5, 0.6) is 5.75 Å². The molecule has 1 aromatic rings. The van der Waals surface area contributed by atoms with E-state index >= 15 is 0 Å². The van der Waals surface area contributed by atoms with Crippen molar-refractivity contribution >= 4 is 12.4 Å². The summed E-state index contributed by atoms with van der Waals surface area (Å²) in [6, 6.07) is 4.07. The van der Waals surface area contributed by atoms with E-state index in [2.05, 4.69) is 13.8 Å². The molecule has 98 valence electrons. The molecule has 0 amide bonds. The van der Waals surface area contributed by atoms with Crippen LogP contribution in [0.4, 0.5) is 0 Å². The number of aryl methyl sites for hydroxylation is 2. The lowest BCUT2D eigenvalue weighted by Crippen LogP contribution is -2.11. The number of phenols is 1. The molecule has 3 N–H and O–H groups in total. The predicted molar refractivity (Wildman–Crippen MR) is 75.8 cm³/mol. The number of nitrogens with two attached hydrogens (primary N) is 1. The monoisotopic (exact) mass is 257 g/mol. The average Bonchev–Trinajstić information content (AvgIpc) is 2.21. The Morgan fingerprint density at radius 2 is 1.59 bits per heavy atom. The van der Waals surface area contributed by atoms with Gasteiger partial charge in [0.15, 0.2) is 0 Å². The summed E-state index contributed by atoms with van der Waals surface area (Å²) in [6.45, 7) is 8.25. The first-order valence-electron chi connectivity index (χ1n) is 5.97. The Labute approximate surface area is 111 Å². The Morgan fingerprint density at radius 1 is 1.12 bits per heavy atom. The highest BCUT2D eigenvalue weighted by atomic mass is 35.5. The number of hydrogen-bond acceptors (Lipinski definition) is 2. The van der Waals surface area contributed by atoms with E-state index in [0.717, 1.165) is 29.5 Å². The fraction of sp³-hybridized carbons (Fsp3) is 0.571. The second kappa shape index (κ2) is 6.87. The first-order valence-corrected chi connectivity index (χ1v) is 5.97. The lowest BCUT2D eigenvalue weighted by atomic mass is 9.95. The van der Waals surface area contributed by atoms with Crippen molar-refractivity contribution in [3.63, 3.8) is 0 Å². The van der Waals surface area contributed by atoms with Gasteiger partial charge in [-0.3, -0.25) is 0 Å². The minimum atomic E-state index is 0. The molecule has 17 heavy (non-hydrogen) atoms. The molecule has 0 unspecified atom stereocenters. The summed E-state index contributed by atoms with van der Waals surface area (Å²) in [5.74, 6) is 1.07. The van der Waals surface area contributed by atoms with Crippen LogP contribution in [0.1, 0.15) is 49.4 Å². The van der Waals surface area contributed by atoms with E-state index in [9.17, 15) is 5.11 Å². The van der Waals surface area contributed by atoms with Crippen LogP contribution in [0.3, 0.4) is 0 Å². The number of rotatable bonds is 4. The third-order valence-corrected chi connectivity index (χ3v) is 3.00. The zero-order valence-electron chi connectivity index (χ0n) is 11.2. The van der Waals surface area contributed by atoms with Crippen LogP contribution >= 0.6 is 12.4 Å². The molecule has 0 aliphatic carbocycles. The molecule has 0 fully saturated rings. The fourth-order valence-corrected chi connectivity index (χ4v) is 1.88. The van der Waals surface area contributed by atoms with Crippen LogP contribution in [0.15, 0.2) is 12.1 Å². The van der Waals surface area contributed by atoms with Crippen molar-refractivity contribution in [2.75, 3.05) is 0 Å². The molecule has 0 saturated carbocycles. The van der Waals surface area contributed by atoms with Gasteiger partial charge < -0.3 is 10.8 Å². The van der Waals surface area contributed by atoms with Crippen molar-refractivity contribution in [2.45, 2.75) is 46.6 Å². The van der Waals surface area contributed by atoms with Crippen molar-refractivity contribution in [3.05, 3.63) is 28.8 Å². The Bertz CT molecular complexity index is 340. The summed E-state index contributed by atoms with van der Waals surface area (Å²) in [6.07, 6.45) is 2.14. The van der Waals surface area contributed by atoms with E-state index in [1.54, 1.807) is 0 Å². The van der Waals surface area contributed by atoms with Gasteiger partial charge in [-0.05, 0) is 49.3 Å². The van der Waals surface area contributed by atoms with Crippen LogP contribution < -0.4 is 5.73 Å².